The fourth-order valence-electron chi connectivity index (χ4n) is 3.59. The van der Waals surface area contributed by atoms with Crippen LogP contribution in [0, 0.1) is 0 Å². The van der Waals surface area contributed by atoms with E-state index >= 15 is 0 Å². The van der Waals surface area contributed by atoms with Crippen molar-refractivity contribution >= 4 is 11.9 Å². The number of rotatable bonds is 6. The third-order valence-electron chi connectivity index (χ3n) is 5.10. The topological polar surface area (TPSA) is 103 Å². The highest BCUT2D eigenvalue weighted by molar-refractivity contribution is 5.76. The Morgan fingerprint density at radius 1 is 1.46 bits per heavy atom. The first-order valence-corrected chi connectivity index (χ1v) is 9.67. The van der Waals surface area contributed by atoms with E-state index in [9.17, 15) is 4.79 Å². The largest absolute Gasteiger partial charge is 0.479 e. The Labute approximate surface area is 163 Å². The summed E-state index contributed by atoms with van der Waals surface area (Å²) in [5.41, 5.74) is 2.14. The Balaban J connectivity index is 1.30. The van der Waals surface area contributed by atoms with Crippen molar-refractivity contribution in [2.45, 2.75) is 44.8 Å². The van der Waals surface area contributed by atoms with Crippen LogP contribution in [-0.2, 0) is 29.0 Å². The van der Waals surface area contributed by atoms with Crippen LogP contribution in [0.15, 0.2) is 16.8 Å². The maximum atomic E-state index is 12.3. The van der Waals surface area contributed by atoms with Gasteiger partial charge in [0.1, 0.15) is 5.76 Å². The Morgan fingerprint density at radius 2 is 2.39 bits per heavy atom. The van der Waals surface area contributed by atoms with Crippen LogP contribution in [-0.4, -0.2) is 53.9 Å². The van der Waals surface area contributed by atoms with Crippen molar-refractivity contribution in [3.05, 3.63) is 29.3 Å². The summed E-state index contributed by atoms with van der Waals surface area (Å²) in [5, 5.41) is 6.87. The lowest BCUT2D eigenvalue weighted by atomic mass is 10.1. The molecule has 28 heavy (non-hydrogen) atoms. The number of methoxy groups -OCH3 is 1. The number of anilines is 1. The molecule has 0 aliphatic carbocycles. The molecular weight excluding hydrogens is 362 g/mol. The van der Waals surface area contributed by atoms with Crippen molar-refractivity contribution in [1.82, 2.24) is 20.4 Å². The summed E-state index contributed by atoms with van der Waals surface area (Å²) in [5.74, 6) is 1.82. The van der Waals surface area contributed by atoms with Crippen LogP contribution in [0.4, 0.5) is 5.95 Å². The Kier molecular flexibility index (Phi) is 5.70. The minimum atomic E-state index is 0.00530. The molecule has 0 spiro atoms. The first kappa shape index (κ1) is 18.7. The maximum Gasteiger partial charge on any atom is 0.254 e. The second-order valence-corrected chi connectivity index (χ2v) is 7.13. The molecule has 2 aliphatic rings. The van der Waals surface area contributed by atoms with Gasteiger partial charge in [0.05, 0.1) is 26.0 Å². The van der Waals surface area contributed by atoms with Crippen LogP contribution in [0.2, 0.25) is 0 Å². The lowest BCUT2D eigenvalue weighted by molar-refractivity contribution is -0.121. The first-order chi connectivity index (χ1) is 13.7. The summed E-state index contributed by atoms with van der Waals surface area (Å²) in [6, 6.07) is 1.79. The van der Waals surface area contributed by atoms with Crippen LogP contribution >= 0.6 is 0 Å². The van der Waals surface area contributed by atoms with Crippen molar-refractivity contribution in [3.8, 4) is 5.88 Å². The van der Waals surface area contributed by atoms with Crippen molar-refractivity contribution in [1.29, 1.82) is 0 Å². The molecule has 2 aromatic heterocycles. The lowest BCUT2D eigenvalue weighted by Crippen LogP contribution is -2.48. The van der Waals surface area contributed by atoms with Gasteiger partial charge in [-0.25, -0.2) is 9.97 Å². The molecule has 0 saturated carbocycles. The molecule has 9 heteroatoms. The molecule has 1 fully saturated rings. The molecule has 150 valence electrons. The Hall–Kier alpha value is -2.68. The van der Waals surface area contributed by atoms with Gasteiger partial charge in [-0.15, -0.1) is 0 Å². The highest BCUT2D eigenvalue weighted by Crippen LogP contribution is 2.20. The third-order valence-corrected chi connectivity index (χ3v) is 5.10. The number of aryl methyl sites for hydroxylation is 1. The Morgan fingerprint density at radius 3 is 3.25 bits per heavy atom. The van der Waals surface area contributed by atoms with E-state index in [4.69, 9.17) is 19.0 Å². The fourth-order valence-corrected chi connectivity index (χ4v) is 3.59. The average Bonchev–Trinajstić information content (AvgIpc) is 3.20. The molecule has 1 atom stereocenters. The number of nitrogens with one attached hydrogen (secondary N) is 1. The van der Waals surface area contributed by atoms with Crippen molar-refractivity contribution in [3.63, 3.8) is 0 Å². The van der Waals surface area contributed by atoms with E-state index in [1.807, 2.05) is 6.20 Å². The number of hydrogen-bond donors (Lipinski definition) is 1. The molecule has 9 nitrogen and oxygen atoms in total. The minimum absolute atomic E-state index is 0.00530. The summed E-state index contributed by atoms with van der Waals surface area (Å²) in [6.07, 6.45) is 5.49. The zero-order valence-electron chi connectivity index (χ0n) is 16.0. The van der Waals surface area contributed by atoms with Gasteiger partial charge < -0.3 is 24.2 Å². The fraction of sp³-hybridized carbons (Fsp3) is 0.579. The van der Waals surface area contributed by atoms with Crippen LogP contribution in [0.5, 0.6) is 5.88 Å². The molecular formula is C19H25N5O4. The van der Waals surface area contributed by atoms with Gasteiger partial charge in [0.25, 0.3) is 5.88 Å². The molecule has 0 unspecified atom stereocenters. The predicted octanol–water partition coefficient (Wildman–Crippen LogP) is 1.26. The van der Waals surface area contributed by atoms with E-state index in [1.165, 1.54) is 7.11 Å². The van der Waals surface area contributed by atoms with Gasteiger partial charge in [0.15, 0.2) is 0 Å². The monoisotopic (exact) mass is 387 g/mol. The van der Waals surface area contributed by atoms with Gasteiger partial charge in [-0.1, -0.05) is 0 Å². The normalized spacial score (nSPS) is 19.2. The predicted molar refractivity (Wildman–Crippen MR) is 100 cm³/mol. The molecule has 4 heterocycles. The van der Waals surface area contributed by atoms with Gasteiger partial charge in [-0.05, 0) is 18.0 Å². The zero-order chi connectivity index (χ0) is 19.3. The standard InChI is InChI=1S/C19H25N5O4/c1-26-18-9-15(28-23-18)4-5-17(25)21-14-3-2-7-24(11-14)19-20-10-13-12-27-8-6-16(13)22-19/h9-10,14H,2-8,11-12H2,1H3,(H,21,25)/t14-/m0/s1. The molecule has 4 rings (SSSR count). The van der Waals surface area contributed by atoms with E-state index < -0.39 is 0 Å². The van der Waals surface area contributed by atoms with Crippen molar-refractivity contribution in [2.24, 2.45) is 0 Å². The molecule has 0 radical (unpaired) electrons. The Bertz CT molecular complexity index is 824. The minimum Gasteiger partial charge on any atom is -0.479 e. The van der Waals surface area contributed by atoms with Crippen LogP contribution in [0.3, 0.4) is 0 Å². The number of amides is 1. The van der Waals surface area contributed by atoms with Crippen molar-refractivity contribution < 1.29 is 18.8 Å². The van der Waals surface area contributed by atoms with Gasteiger partial charge in [0.2, 0.25) is 11.9 Å². The van der Waals surface area contributed by atoms with Crippen LogP contribution < -0.4 is 15.0 Å². The van der Waals surface area contributed by atoms with Gasteiger partial charge >= 0.3 is 0 Å². The molecule has 0 aromatic carbocycles. The number of ether oxygens (including phenoxy) is 2. The van der Waals surface area contributed by atoms with E-state index in [-0.39, 0.29) is 11.9 Å². The van der Waals surface area contributed by atoms with E-state index in [0.29, 0.717) is 37.7 Å². The van der Waals surface area contributed by atoms with E-state index in [2.05, 4.69) is 20.4 Å². The molecule has 1 amide bonds. The zero-order valence-corrected chi connectivity index (χ0v) is 16.0. The van der Waals surface area contributed by atoms with Gasteiger partial charge in [0, 0.05) is 56.2 Å². The summed E-state index contributed by atoms with van der Waals surface area (Å²) >= 11 is 0. The SMILES string of the molecule is COc1cc(CCC(=O)N[C@H]2CCCN(c3ncc4c(n3)CCOC4)C2)on1. The summed E-state index contributed by atoms with van der Waals surface area (Å²) in [7, 11) is 1.53. The number of nitrogens with zero attached hydrogens (tertiary/aromatic N) is 4. The second kappa shape index (κ2) is 8.55. The smallest absolute Gasteiger partial charge is 0.254 e. The van der Waals surface area contributed by atoms with Gasteiger partial charge in [-0.3, -0.25) is 4.79 Å². The molecule has 1 saturated heterocycles. The highest BCUT2D eigenvalue weighted by Gasteiger charge is 2.24. The summed E-state index contributed by atoms with van der Waals surface area (Å²) < 4.78 is 15.6. The maximum absolute atomic E-state index is 12.3. The summed E-state index contributed by atoms with van der Waals surface area (Å²) in [4.78, 5) is 23.7. The number of carbonyl (C=O) groups is 1. The molecule has 2 aliphatic heterocycles. The number of carbonyl (C=O) groups excluding carboxylic acids is 1. The summed E-state index contributed by atoms with van der Waals surface area (Å²) in [6.45, 7) is 2.92. The lowest BCUT2D eigenvalue weighted by Gasteiger charge is -2.33. The number of piperidine rings is 1. The number of aromatic nitrogens is 3. The molecule has 2 aromatic rings. The first-order valence-electron chi connectivity index (χ1n) is 9.67. The second-order valence-electron chi connectivity index (χ2n) is 7.13. The van der Waals surface area contributed by atoms with Gasteiger partial charge in [-0.2, -0.15) is 0 Å². The van der Waals surface area contributed by atoms with Crippen LogP contribution in [0.25, 0.3) is 0 Å². The third kappa shape index (κ3) is 4.41. The van der Waals surface area contributed by atoms with E-state index in [1.54, 1.807) is 6.07 Å². The number of hydrogen-bond acceptors (Lipinski definition) is 8. The molecule has 1 N–H and O–H groups in total. The number of fused-ring (bicyclic) bond motifs is 1. The van der Waals surface area contributed by atoms with E-state index in [0.717, 1.165) is 49.6 Å². The quantitative estimate of drug-likeness (QED) is 0.790. The van der Waals surface area contributed by atoms with Crippen molar-refractivity contribution in [2.75, 3.05) is 31.7 Å². The van der Waals surface area contributed by atoms with Crippen LogP contribution in [0.1, 0.15) is 36.3 Å². The highest BCUT2D eigenvalue weighted by atomic mass is 16.5. The average molecular weight is 387 g/mol. The molecule has 0 bridgehead atoms.